The molecule has 2 heterocycles. The van der Waals surface area contributed by atoms with Crippen molar-refractivity contribution in [2.45, 2.75) is 65.5 Å². The molecule has 0 amide bonds. The minimum atomic E-state index is -4.74. The second kappa shape index (κ2) is 11.0. The summed E-state index contributed by atoms with van der Waals surface area (Å²) in [6, 6.07) is 13.2. The highest BCUT2D eigenvalue weighted by atomic mass is 19.4. The Hall–Kier alpha value is -3.01. The van der Waals surface area contributed by atoms with Crippen LogP contribution in [0, 0.1) is 20.8 Å². The third-order valence-corrected chi connectivity index (χ3v) is 6.88. The Morgan fingerprint density at radius 1 is 0.895 bits per heavy atom. The molecule has 0 aliphatic carbocycles. The molecule has 0 spiro atoms. The summed E-state index contributed by atoms with van der Waals surface area (Å²) in [5.74, 6) is 0.187. The minimum Gasteiger partial charge on any atom is -0.312 e. The van der Waals surface area contributed by atoms with Crippen LogP contribution in [-0.2, 0) is 25.7 Å². The second-order valence-corrected chi connectivity index (χ2v) is 9.99. The van der Waals surface area contributed by atoms with E-state index in [0.717, 1.165) is 27.9 Å². The van der Waals surface area contributed by atoms with Gasteiger partial charge in [-0.25, -0.2) is 4.98 Å². The first-order chi connectivity index (χ1) is 17.8. The topological polar surface area (TPSA) is 24.3 Å². The lowest BCUT2D eigenvalue weighted by molar-refractivity contribution is -0.143. The Bertz CT molecular complexity index is 1220. The summed E-state index contributed by atoms with van der Waals surface area (Å²) in [5, 5.41) is 0. The minimum absolute atomic E-state index is 0.0881. The van der Waals surface area contributed by atoms with Crippen molar-refractivity contribution in [3.05, 3.63) is 76.1 Å². The van der Waals surface area contributed by atoms with Gasteiger partial charge >= 0.3 is 12.4 Å². The Morgan fingerprint density at radius 3 is 2.16 bits per heavy atom. The molecule has 0 bridgehead atoms. The lowest BCUT2D eigenvalue weighted by Crippen LogP contribution is -2.33. The highest BCUT2D eigenvalue weighted by molar-refractivity contribution is 5.68. The molecule has 0 N–H and O–H groups in total. The maximum absolute atomic E-state index is 14.3. The molecular formula is C28H32F6N4. The van der Waals surface area contributed by atoms with E-state index in [1.807, 2.05) is 68.1 Å². The smallest absolute Gasteiger partial charge is 0.312 e. The molecule has 38 heavy (non-hydrogen) atoms. The molecular weight excluding hydrogens is 506 g/mol. The van der Waals surface area contributed by atoms with Crippen molar-refractivity contribution >= 4 is 11.6 Å². The van der Waals surface area contributed by atoms with Gasteiger partial charge in [0.15, 0.2) is 5.69 Å². The normalized spacial score (nSPS) is 14.3. The number of hydrogen-bond acceptors (Lipinski definition) is 3. The highest BCUT2D eigenvalue weighted by Crippen LogP contribution is 2.40. The van der Waals surface area contributed by atoms with Crippen LogP contribution in [-0.4, -0.2) is 40.3 Å². The monoisotopic (exact) mass is 538 g/mol. The van der Waals surface area contributed by atoms with E-state index in [1.165, 1.54) is 4.90 Å². The Balaban J connectivity index is 1.72. The number of benzene rings is 2. The van der Waals surface area contributed by atoms with Gasteiger partial charge in [-0.15, -0.1) is 0 Å². The molecule has 1 aliphatic rings. The summed E-state index contributed by atoms with van der Waals surface area (Å²) in [4.78, 5) is 7.36. The van der Waals surface area contributed by atoms with Crippen molar-refractivity contribution in [2.24, 2.45) is 0 Å². The van der Waals surface area contributed by atoms with Crippen LogP contribution in [0.25, 0.3) is 0 Å². The molecule has 4 rings (SSSR count). The Morgan fingerprint density at radius 2 is 1.55 bits per heavy atom. The second-order valence-electron chi connectivity index (χ2n) is 9.99. The van der Waals surface area contributed by atoms with Gasteiger partial charge in [-0.05, 0) is 50.3 Å². The molecule has 0 radical (unpaired) electrons. The molecule has 0 atom stereocenters. The number of halogens is 6. The maximum atomic E-state index is 14.3. The van der Waals surface area contributed by atoms with E-state index in [-0.39, 0.29) is 24.7 Å². The molecule has 0 saturated heterocycles. The average Bonchev–Trinajstić information content (AvgIpc) is 3.20. The summed E-state index contributed by atoms with van der Waals surface area (Å²) in [7, 11) is 0. The van der Waals surface area contributed by atoms with Gasteiger partial charge in [-0.3, -0.25) is 4.90 Å². The molecule has 2 aromatic carbocycles. The molecule has 3 aromatic rings. The fourth-order valence-corrected chi connectivity index (χ4v) is 5.30. The zero-order chi connectivity index (χ0) is 27.7. The van der Waals surface area contributed by atoms with Gasteiger partial charge in [-0.1, -0.05) is 48.0 Å². The third-order valence-electron chi connectivity index (χ3n) is 6.88. The number of alkyl halides is 6. The van der Waals surface area contributed by atoms with Crippen LogP contribution in [0.5, 0.6) is 0 Å². The van der Waals surface area contributed by atoms with Crippen molar-refractivity contribution in [3.8, 4) is 0 Å². The molecule has 0 fully saturated rings. The van der Waals surface area contributed by atoms with Gasteiger partial charge in [0.1, 0.15) is 0 Å². The number of rotatable bonds is 8. The molecule has 4 nitrogen and oxygen atoms in total. The molecule has 206 valence electrons. The number of aryl methyl sites for hydroxylation is 3. The van der Waals surface area contributed by atoms with E-state index in [4.69, 9.17) is 0 Å². The van der Waals surface area contributed by atoms with Crippen LogP contribution >= 0.6 is 0 Å². The average molecular weight is 539 g/mol. The number of aromatic nitrogens is 2. The van der Waals surface area contributed by atoms with Crippen LogP contribution in [0.15, 0.2) is 42.5 Å². The summed E-state index contributed by atoms with van der Waals surface area (Å²) >= 11 is 0. The van der Waals surface area contributed by atoms with Crippen molar-refractivity contribution in [1.29, 1.82) is 0 Å². The van der Waals surface area contributed by atoms with Crippen molar-refractivity contribution in [2.75, 3.05) is 24.5 Å². The van der Waals surface area contributed by atoms with Crippen LogP contribution < -0.4 is 4.90 Å². The van der Waals surface area contributed by atoms with E-state index >= 15 is 0 Å². The zero-order valence-electron chi connectivity index (χ0n) is 21.8. The number of fused-ring (bicyclic) bond motifs is 1. The quantitative estimate of drug-likeness (QED) is 0.280. The molecule has 10 heteroatoms. The lowest BCUT2D eigenvalue weighted by Gasteiger charge is -2.33. The number of imidazole rings is 1. The predicted molar refractivity (Wildman–Crippen MR) is 136 cm³/mol. The fraction of sp³-hybridized carbons (Fsp3) is 0.464. The summed E-state index contributed by atoms with van der Waals surface area (Å²) in [6.07, 6.45) is -9.23. The van der Waals surface area contributed by atoms with E-state index in [2.05, 4.69) is 4.98 Å². The molecule has 0 unspecified atom stereocenters. The van der Waals surface area contributed by atoms with Crippen molar-refractivity contribution in [1.82, 2.24) is 14.5 Å². The van der Waals surface area contributed by atoms with Crippen LogP contribution in [0.4, 0.5) is 38.0 Å². The van der Waals surface area contributed by atoms with E-state index in [0.29, 0.717) is 25.9 Å². The van der Waals surface area contributed by atoms with Gasteiger partial charge in [0.2, 0.25) is 5.95 Å². The van der Waals surface area contributed by atoms with Gasteiger partial charge in [0.25, 0.3) is 0 Å². The van der Waals surface area contributed by atoms with Gasteiger partial charge < -0.3 is 9.47 Å². The summed E-state index contributed by atoms with van der Waals surface area (Å²) in [5.41, 5.74) is 3.53. The third kappa shape index (κ3) is 6.51. The summed E-state index contributed by atoms with van der Waals surface area (Å²) < 4.78 is 83.7. The van der Waals surface area contributed by atoms with Gasteiger partial charge in [0, 0.05) is 38.4 Å². The zero-order valence-corrected chi connectivity index (χ0v) is 21.8. The summed E-state index contributed by atoms with van der Waals surface area (Å²) in [6.45, 7) is 6.16. The van der Waals surface area contributed by atoms with Gasteiger partial charge in [-0.2, -0.15) is 26.3 Å². The van der Waals surface area contributed by atoms with Crippen LogP contribution in [0.3, 0.4) is 0 Å². The standard InChI is InChI=1S/C28H32F6N4/c1-19-16-20(2)24(21(3)17-19)38-13-7-12-37-23(25(28(32,33)34)35-26(37)38)18-36(15-11-27(29,30)31)14-10-22-8-5-4-6-9-22/h4-6,8-9,16-17H,7,10-15,18H2,1-3H3. The van der Waals surface area contributed by atoms with E-state index in [1.54, 1.807) is 4.57 Å². The van der Waals surface area contributed by atoms with E-state index < -0.39 is 31.0 Å². The Kier molecular flexibility index (Phi) is 8.11. The highest BCUT2D eigenvalue weighted by Gasteiger charge is 2.41. The number of nitrogens with zero attached hydrogens (tertiary/aromatic N) is 4. The predicted octanol–water partition coefficient (Wildman–Crippen LogP) is 7.37. The molecule has 1 aromatic heterocycles. The largest absolute Gasteiger partial charge is 0.435 e. The first kappa shape index (κ1) is 28.0. The molecule has 0 saturated carbocycles. The van der Waals surface area contributed by atoms with Crippen molar-refractivity contribution < 1.29 is 26.3 Å². The fourth-order valence-electron chi connectivity index (χ4n) is 5.30. The SMILES string of the molecule is Cc1cc(C)c(N2CCCn3c2nc(C(F)(F)F)c3CN(CCc2ccccc2)CCC(F)(F)F)c(C)c1. The molecule has 1 aliphatic heterocycles. The first-order valence-electron chi connectivity index (χ1n) is 12.7. The Labute approximate surface area is 218 Å². The number of hydrogen-bond donors (Lipinski definition) is 0. The van der Waals surface area contributed by atoms with Crippen LogP contribution in [0.2, 0.25) is 0 Å². The number of anilines is 2. The van der Waals surface area contributed by atoms with Crippen molar-refractivity contribution in [3.63, 3.8) is 0 Å². The van der Waals surface area contributed by atoms with Crippen LogP contribution in [0.1, 0.15) is 46.5 Å². The van der Waals surface area contributed by atoms with Gasteiger partial charge in [0.05, 0.1) is 12.1 Å². The maximum Gasteiger partial charge on any atom is 0.435 e. The lowest BCUT2D eigenvalue weighted by atomic mass is 10.0. The van der Waals surface area contributed by atoms with E-state index in [9.17, 15) is 26.3 Å². The first-order valence-corrected chi connectivity index (χ1v) is 12.7.